The smallest absolute Gasteiger partial charge is 0.0149 e. The number of hydrogen-bond donors (Lipinski definition) is 1. The Bertz CT molecular complexity index is 188. The van der Waals surface area contributed by atoms with Crippen molar-refractivity contribution in [2.45, 2.75) is 70.8 Å². The highest BCUT2D eigenvalue weighted by Crippen LogP contribution is 2.48. The maximum Gasteiger partial charge on any atom is 0.0149 e. The van der Waals surface area contributed by atoms with Crippen LogP contribution < -0.4 is 5.32 Å². The molecule has 2 aliphatic rings. The lowest BCUT2D eigenvalue weighted by Gasteiger charge is -2.40. The van der Waals surface area contributed by atoms with Gasteiger partial charge in [-0.05, 0) is 50.5 Å². The van der Waals surface area contributed by atoms with Crippen LogP contribution in [0.5, 0.6) is 0 Å². The van der Waals surface area contributed by atoms with Crippen molar-refractivity contribution in [3.05, 3.63) is 0 Å². The molecule has 1 nitrogen and oxygen atoms in total. The molecule has 15 heavy (non-hydrogen) atoms. The molecule has 88 valence electrons. The van der Waals surface area contributed by atoms with Crippen LogP contribution in [-0.4, -0.2) is 13.1 Å². The second-order valence-corrected chi connectivity index (χ2v) is 5.73. The van der Waals surface area contributed by atoms with E-state index in [9.17, 15) is 0 Å². The Kier molecular flexibility index (Phi) is 3.71. The quantitative estimate of drug-likeness (QED) is 0.744. The summed E-state index contributed by atoms with van der Waals surface area (Å²) in [5.74, 6) is 0.980. The van der Waals surface area contributed by atoms with Crippen LogP contribution in [0.25, 0.3) is 0 Å². The fraction of sp³-hybridized carbons (Fsp3) is 1.00. The van der Waals surface area contributed by atoms with Gasteiger partial charge in [-0.25, -0.2) is 0 Å². The average molecular weight is 209 g/mol. The van der Waals surface area contributed by atoms with Gasteiger partial charge in [0.15, 0.2) is 0 Å². The molecule has 1 atom stereocenters. The molecule has 2 fully saturated rings. The second kappa shape index (κ2) is 4.86. The van der Waals surface area contributed by atoms with Gasteiger partial charge in [0, 0.05) is 6.04 Å². The minimum atomic E-state index is 0.657. The maximum atomic E-state index is 3.68. The third-order valence-electron chi connectivity index (χ3n) is 5.15. The summed E-state index contributed by atoms with van der Waals surface area (Å²) in [5.41, 5.74) is 0.657. The van der Waals surface area contributed by atoms with E-state index in [-0.39, 0.29) is 0 Å². The number of hydrogen-bond acceptors (Lipinski definition) is 1. The molecule has 0 aromatic carbocycles. The van der Waals surface area contributed by atoms with Crippen molar-refractivity contribution < 1.29 is 0 Å². The summed E-state index contributed by atoms with van der Waals surface area (Å²) >= 11 is 0. The highest BCUT2D eigenvalue weighted by atomic mass is 14.9. The van der Waals surface area contributed by atoms with Crippen molar-refractivity contribution >= 4 is 0 Å². The summed E-state index contributed by atoms with van der Waals surface area (Å²) in [6.07, 6.45) is 13.2. The Morgan fingerprint density at radius 1 is 1.13 bits per heavy atom. The number of nitrogens with one attached hydrogen (secondary N) is 1. The molecule has 0 spiro atoms. The molecule has 0 amide bonds. The first-order valence-electron chi connectivity index (χ1n) is 6.99. The Morgan fingerprint density at radius 2 is 1.73 bits per heavy atom. The fourth-order valence-corrected chi connectivity index (χ4v) is 4.30. The summed E-state index contributed by atoms with van der Waals surface area (Å²) < 4.78 is 0. The summed E-state index contributed by atoms with van der Waals surface area (Å²) in [6.45, 7) is 2.41. The average Bonchev–Trinajstić information content (AvgIpc) is 2.90. The van der Waals surface area contributed by atoms with E-state index < -0.39 is 0 Å². The van der Waals surface area contributed by atoms with Gasteiger partial charge in [0.05, 0.1) is 0 Å². The van der Waals surface area contributed by atoms with Crippen LogP contribution in [0.3, 0.4) is 0 Å². The minimum absolute atomic E-state index is 0.657. The fourth-order valence-electron chi connectivity index (χ4n) is 4.30. The Morgan fingerprint density at radius 3 is 2.20 bits per heavy atom. The highest BCUT2D eigenvalue weighted by molar-refractivity contribution is 4.97. The molecule has 0 bridgehead atoms. The van der Waals surface area contributed by atoms with Gasteiger partial charge >= 0.3 is 0 Å². The van der Waals surface area contributed by atoms with Crippen LogP contribution >= 0.6 is 0 Å². The predicted molar refractivity (Wildman–Crippen MR) is 66.0 cm³/mol. The van der Waals surface area contributed by atoms with E-state index in [1.165, 1.54) is 57.8 Å². The van der Waals surface area contributed by atoms with Crippen LogP contribution in [-0.2, 0) is 0 Å². The third kappa shape index (κ3) is 2.08. The maximum absolute atomic E-state index is 3.68. The Balaban J connectivity index is 2.08. The van der Waals surface area contributed by atoms with Crippen molar-refractivity contribution in [1.29, 1.82) is 0 Å². The summed E-state index contributed by atoms with van der Waals surface area (Å²) in [6, 6.07) is 0.812. The van der Waals surface area contributed by atoms with E-state index in [4.69, 9.17) is 0 Å². The van der Waals surface area contributed by atoms with E-state index >= 15 is 0 Å². The van der Waals surface area contributed by atoms with E-state index in [1.54, 1.807) is 0 Å². The molecular formula is C14H27N. The standard InChI is InChI=1S/C14H27N/c1-3-14(10-6-7-11-14)13(15-2)12-8-4-5-9-12/h12-13,15H,3-11H2,1-2H3. The van der Waals surface area contributed by atoms with Gasteiger partial charge < -0.3 is 5.32 Å². The van der Waals surface area contributed by atoms with Crippen LogP contribution in [0.4, 0.5) is 0 Å². The molecule has 1 N–H and O–H groups in total. The van der Waals surface area contributed by atoms with E-state index in [0.29, 0.717) is 5.41 Å². The highest BCUT2D eigenvalue weighted by Gasteiger charge is 2.42. The SMILES string of the molecule is CCC1(C(NC)C2CCCC2)CCCC1. The molecule has 2 saturated carbocycles. The van der Waals surface area contributed by atoms with Crippen molar-refractivity contribution in [3.63, 3.8) is 0 Å². The zero-order valence-electron chi connectivity index (χ0n) is 10.5. The molecule has 0 aliphatic heterocycles. The lowest BCUT2D eigenvalue weighted by atomic mass is 9.70. The monoisotopic (exact) mass is 209 g/mol. The first kappa shape index (κ1) is 11.4. The summed E-state index contributed by atoms with van der Waals surface area (Å²) in [4.78, 5) is 0. The van der Waals surface area contributed by atoms with Crippen LogP contribution in [0, 0.1) is 11.3 Å². The van der Waals surface area contributed by atoms with Crippen molar-refractivity contribution in [3.8, 4) is 0 Å². The van der Waals surface area contributed by atoms with Gasteiger partial charge in [-0.3, -0.25) is 0 Å². The first-order chi connectivity index (χ1) is 7.32. The molecular weight excluding hydrogens is 182 g/mol. The minimum Gasteiger partial charge on any atom is -0.316 e. The summed E-state index contributed by atoms with van der Waals surface area (Å²) in [7, 11) is 2.19. The lowest BCUT2D eigenvalue weighted by Crippen LogP contribution is -2.46. The summed E-state index contributed by atoms with van der Waals surface area (Å²) in [5, 5.41) is 3.68. The molecule has 0 aromatic rings. The molecule has 2 rings (SSSR count). The van der Waals surface area contributed by atoms with Gasteiger partial charge in [0.1, 0.15) is 0 Å². The second-order valence-electron chi connectivity index (χ2n) is 5.73. The van der Waals surface area contributed by atoms with E-state index in [0.717, 1.165) is 12.0 Å². The Labute approximate surface area is 95.0 Å². The zero-order chi connectivity index (χ0) is 10.7. The Hall–Kier alpha value is -0.0400. The van der Waals surface area contributed by atoms with Crippen LogP contribution in [0.2, 0.25) is 0 Å². The predicted octanol–water partition coefficient (Wildman–Crippen LogP) is 3.74. The van der Waals surface area contributed by atoms with Gasteiger partial charge in [0.2, 0.25) is 0 Å². The first-order valence-corrected chi connectivity index (χ1v) is 6.99. The molecule has 0 radical (unpaired) electrons. The topological polar surface area (TPSA) is 12.0 Å². The van der Waals surface area contributed by atoms with E-state index in [1.807, 2.05) is 0 Å². The van der Waals surface area contributed by atoms with Crippen LogP contribution in [0.15, 0.2) is 0 Å². The van der Waals surface area contributed by atoms with Gasteiger partial charge in [-0.1, -0.05) is 32.6 Å². The zero-order valence-corrected chi connectivity index (χ0v) is 10.5. The largest absolute Gasteiger partial charge is 0.316 e. The molecule has 1 heteroatoms. The molecule has 2 aliphatic carbocycles. The van der Waals surface area contributed by atoms with Gasteiger partial charge in [-0.2, -0.15) is 0 Å². The normalized spacial score (nSPS) is 28.4. The van der Waals surface area contributed by atoms with Crippen LogP contribution in [0.1, 0.15) is 64.7 Å². The van der Waals surface area contributed by atoms with Crippen molar-refractivity contribution in [2.75, 3.05) is 7.05 Å². The molecule has 0 heterocycles. The number of rotatable bonds is 4. The van der Waals surface area contributed by atoms with E-state index in [2.05, 4.69) is 19.3 Å². The van der Waals surface area contributed by atoms with Crippen molar-refractivity contribution in [1.82, 2.24) is 5.32 Å². The van der Waals surface area contributed by atoms with Gasteiger partial charge in [0.25, 0.3) is 0 Å². The van der Waals surface area contributed by atoms with Gasteiger partial charge in [-0.15, -0.1) is 0 Å². The molecule has 1 unspecified atom stereocenters. The molecule has 0 saturated heterocycles. The van der Waals surface area contributed by atoms with Crippen molar-refractivity contribution in [2.24, 2.45) is 11.3 Å². The third-order valence-corrected chi connectivity index (χ3v) is 5.15. The molecule has 0 aromatic heterocycles. The lowest BCUT2D eigenvalue weighted by molar-refractivity contribution is 0.140.